The van der Waals surface area contributed by atoms with Crippen LogP contribution in [0.15, 0.2) is 42.5 Å². The predicted molar refractivity (Wildman–Crippen MR) is 73.8 cm³/mol. The minimum absolute atomic E-state index is 0. The molecule has 0 bridgehead atoms. The molecule has 0 spiro atoms. The number of pyridine rings is 1. The van der Waals surface area contributed by atoms with E-state index in [1.54, 1.807) is 18.2 Å². The highest BCUT2D eigenvalue weighted by molar-refractivity contribution is 5.93. The number of hydrogen-bond donors (Lipinski definition) is 2. The Morgan fingerprint density at radius 3 is 2.44 bits per heavy atom. The summed E-state index contributed by atoms with van der Waals surface area (Å²) >= 11 is 0. The number of nitrogens with one attached hydrogen (secondary N) is 1. The zero-order chi connectivity index (χ0) is 12.3. The Balaban J connectivity index is 0.00000162. The quantitative estimate of drug-likeness (QED) is 0.661. The van der Waals surface area contributed by atoms with Crippen LogP contribution in [0.4, 0.5) is 0 Å². The van der Waals surface area contributed by atoms with Crippen molar-refractivity contribution >= 4 is 18.2 Å². The predicted octanol–water partition coefficient (Wildman–Crippen LogP) is 2.89. The number of nitrogen functional groups attached to an aromatic ring is 1. The molecule has 0 aliphatic carbocycles. The monoisotopic (exact) mass is 263 g/mol. The molecule has 18 heavy (non-hydrogen) atoms. The SMILES string of the molecule is Cc1ccc(Oc2cccc(C(=N)N)n2)cc1.Cl. The Kier molecular flexibility index (Phi) is 4.68. The average Bonchev–Trinajstić information content (AvgIpc) is 2.32. The molecule has 0 fully saturated rings. The Morgan fingerprint density at radius 1 is 1.17 bits per heavy atom. The van der Waals surface area contributed by atoms with Gasteiger partial charge in [0.15, 0.2) is 0 Å². The molecule has 0 saturated heterocycles. The maximum atomic E-state index is 7.30. The fourth-order valence-corrected chi connectivity index (χ4v) is 1.35. The Morgan fingerprint density at radius 2 is 1.83 bits per heavy atom. The van der Waals surface area contributed by atoms with Gasteiger partial charge in [0.05, 0.1) is 0 Å². The third-order valence-corrected chi connectivity index (χ3v) is 2.24. The van der Waals surface area contributed by atoms with Crippen molar-refractivity contribution in [1.82, 2.24) is 4.98 Å². The second-order valence-electron chi connectivity index (χ2n) is 3.69. The second kappa shape index (κ2) is 6.02. The van der Waals surface area contributed by atoms with Gasteiger partial charge in [-0.15, -0.1) is 12.4 Å². The van der Waals surface area contributed by atoms with Crippen LogP contribution in [0.5, 0.6) is 11.6 Å². The number of halogens is 1. The highest BCUT2D eigenvalue weighted by atomic mass is 35.5. The molecule has 1 heterocycles. The van der Waals surface area contributed by atoms with Gasteiger partial charge in [-0.2, -0.15) is 0 Å². The Bertz CT molecular complexity index is 540. The zero-order valence-corrected chi connectivity index (χ0v) is 10.7. The minimum Gasteiger partial charge on any atom is -0.439 e. The molecule has 2 rings (SSSR count). The van der Waals surface area contributed by atoms with Gasteiger partial charge in [-0.25, -0.2) is 4.98 Å². The summed E-state index contributed by atoms with van der Waals surface area (Å²) in [5.41, 5.74) is 6.94. The van der Waals surface area contributed by atoms with Gasteiger partial charge < -0.3 is 10.5 Å². The second-order valence-corrected chi connectivity index (χ2v) is 3.69. The summed E-state index contributed by atoms with van der Waals surface area (Å²) in [6.45, 7) is 2.01. The first kappa shape index (κ1) is 14.0. The number of nitrogens with zero attached hydrogens (tertiary/aromatic N) is 1. The van der Waals surface area contributed by atoms with Gasteiger partial charge in [0, 0.05) is 6.07 Å². The highest BCUT2D eigenvalue weighted by Gasteiger charge is 2.02. The van der Waals surface area contributed by atoms with E-state index < -0.39 is 0 Å². The van der Waals surface area contributed by atoms with E-state index in [2.05, 4.69) is 4.98 Å². The average molecular weight is 264 g/mol. The van der Waals surface area contributed by atoms with Crippen molar-refractivity contribution in [2.24, 2.45) is 5.73 Å². The van der Waals surface area contributed by atoms with Crippen LogP contribution < -0.4 is 10.5 Å². The van der Waals surface area contributed by atoms with E-state index in [1.807, 2.05) is 31.2 Å². The lowest BCUT2D eigenvalue weighted by atomic mass is 10.2. The van der Waals surface area contributed by atoms with E-state index >= 15 is 0 Å². The van der Waals surface area contributed by atoms with Crippen LogP contribution in [0.25, 0.3) is 0 Å². The molecule has 0 saturated carbocycles. The lowest BCUT2D eigenvalue weighted by Gasteiger charge is -2.06. The van der Waals surface area contributed by atoms with Crippen molar-refractivity contribution in [3.63, 3.8) is 0 Å². The van der Waals surface area contributed by atoms with Gasteiger partial charge in [0.25, 0.3) is 0 Å². The van der Waals surface area contributed by atoms with Crippen LogP contribution in [0.3, 0.4) is 0 Å². The first-order chi connectivity index (χ1) is 8.15. The van der Waals surface area contributed by atoms with Crippen LogP contribution in [0.1, 0.15) is 11.3 Å². The van der Waals surface area contributed by atoms with Crippen molar-refractivity contribution in [3.05, 3.63) is 53.7 Å². The van der Waals surface area contributed by atoms with Crippen LogP contribution in [-0.2, 0) is 0 Å². The molecule has 0 aliphatic rings. The molecule has 3 N–H and O–H groups in total. The van der Waals surface area contributed by atoms with Crippen molar-refractivity contribution in [2.45, 2.75) is 6.92 Å². The first-order valence-electron chi connectivity index (χ1n) is 5.21. The van der Waals surface area contributed by atoms with Crippen molar-refractivity contribution in [1.29, 1.82) is 5.41 Å². The lowest BCUT2D eigenvalue weighted by molar-refractivity contribution is 0.462. The van der Waals surface area contributed by atoms with E-state index in [0.717, 1.165) is 0 Å². The Labute approximate surface area is 112 Å². The Hall–Kier alpha value is -2.07. The first-order valence-corrected chi connectivity index (χ1v) is 5.21. The maximum Gasteiger partial charge on any atom is 0.219 e. The number of nitrogens with two attached hydrogens (primary N) is 1. The topological polar surface area (TPSA) is 72.0 Å². The molecule has 0 amide bonds. The van der Waals surface area contributed by atoms with Crippen molar-refractivity contribution in [2.75, 3.05) is 0 Å². The number of aryl methyl sites for hydroxylation is 1. The molecule has 4 nitrogen and oxygen atoms in total. The van der Waals surface area contributed by atoms with Crippen molar-refractivity contribution in [3.8, 4) is 11.6 Å². The normalized spacial score (nSPS) is 9.39. The number of aromatic nitrogens is 1. The largest absolute Gasteiger partial charge is 0.439 e. The van der Waals surface area contributed by atoms with Gasteiger partial charge in [0.1, 0.15) is 17.3 Å². The standard InChI is InChI=1S/C13H13N3O.ClH/c1-9-5-7-10(8-6-9)17-12-4-2-3-11(16-12)13(14)15;/h2-8H,1H3,(H3,14,15);1H. The lowest BCUT2D eigenvalue weighted by Crippen LogP contribution is -2.13. The van der Waals surface area contributed by atoms with Gasteiger partial charge >= 0.3 is 0 Å². The summed E-state index contributed by atoms with van der Waals surface area (Å²) in [7, 11) is 0. The molecule has 94 valence electrons. The van der Waals surface area contributed by atoms with Gasteiger partial charge in [-0.05, 0) is 25.1 Å². The number of hydrogen-bond acceptors (Lipinski definition) is 3. The number of ether oxygens (including phenoxy) is 1. The minimum atomic E-state index is -0.0700. The molecule has 0 aliphatic heterocycles. The van der Waals surface area contributed by atoms with Crippen LogP contribution in [-0.4, -0.2) is 10.8 Å². The summed E-state index contributed by atoms with van der Waals surface area (Å²) in [6.07, 6.45) is 0. The van der Waals surface area contributed by atoms with E-state index in [1.165, 1.54) is 5.56 Å². The fraction of sp³-hybridized carbons (Fsp3) is 0.0769. The third kappa shape index (κ3) is 3.46. The fourth-order valence-electron chi connectivity index (χ4n) is 1.35. The molecular formula is C13H14ClN3O. The molecule has 0 unspecified atom stereocenters. The maximum absolute atomic E-state index is 7.30. The van der Waals surface area contributed by atoms with Crippen LogP contribution >= 0.6 is 12.4 Å². The molecule has 0 radical (unpaired) electrons. The number of amidine groups is 1. The highest BCUT2D eigenvalue weighted by Crippen LogP contribution is 2.19. The number of benzene rings is 1. The third-order valence-electron chi connectivity index (χ3n) is 2.24. The zero-order valence-electron chi connectivity index (χ0n) is 9.88. The van der Waals surface area contributed by atoms with Crippen molar-refractivity contribution < 1.29 is 4.74 Å². The molecular weight excluding hydrogens is 250 g/mol. The smallest absolute Gasteiger partial charge is 0.219 e. The summed E-state index contributed by atoms with van der Waals surface area (Å²) in [6, 6.07) is 12.8. The summed E-state index contributed by atoms with van der Waals surface area (Å²) in [5.74, 6) is 1.07. The van der Waals surface area contributed by atoms with Gasteiger partial charge in [-0.1, -0.05) is 23.8 Å². The molecule has 2 aromatic rings. The van der Waals surface area contributed by atoms with E-state index in [-0.39, 0.29) is 18.2 Å². The van der Waals surface area contributed by atoms with E-state index in [9.17, 15) is 0 Å². The summed E-state index contributed by atoms with van der Waals surface area (Å²) in [4.78, 5) is 4.12. The number of rotatable bonds is 3. The van der Waals surface area contributed by atoms with Crippen LogP contribution in [0.2, 0.25) is 0 Å². The van der Waals surface area contributed by atoms with Crippen LogP contribution in [0, 0.1) is 12.3 Å². The molecule has 0 atom stereocenters. The summed E-state index contributed by atoms with van der Waals surface area (Å²) < 4.78 is 5.56. The van der Waals surface area contributed by atoms with E-state index in [0.29, 0.717) is 17.3 Å². The molecule has 5 heteroatoms. The van der Waals surface area contributed by atoms with Gasteiger partial charge in [0.2, 0.25) is 5.88 Å². The molecule has 1 aromatic heterocycles. The summed E-state index contributed by atoms with van der Waals surface area (Å²) in [5, 5.41) is 7.30. The van der Waals surface area contributed by atoms with E-state index in [4.69, 9.17) is 15.9 Å². The van der Waals surface area contributed by atoms with Gasteiger partial charge in [-0.3, -0.25) is 5.41 Å². The molecule has 1 aromatic carbocycles.